The zero-order chi connectivity index (χ0) is 14.3. The van der Waals surface area contributed by atoms with Crippen LogP contribution in [0.25, 0.3) is 0 Å². The van der Waals surface area contributed by atoms with Crippen LogP contribution in [0.5, 0.6) is 0 Å². The molecule has 1 atom stereocenters. The normalized spacial score (nSPS) is 24.0. The minimum Gasteiger partial charge on any atom is -0.369 e. The van der Waals surface area contributed by atoms with Gasteiger partial charge < -0.3 is 10.2 Å². The molecule has 1 aromatic rings. The fraction of sp³-hybridized carbons (Fsp3) is 0.571. The average Bonchev–Trinajstić information content (AvgIpc) is 3.21. The molecular weight excluding hydrogens is 333 g/mol. The van der Waals surface area contributed by atoms with E-state index in [2.05, 4.69) is 26.1 Å². The third-order valence-corrected chi connectivity index (χ3v) is 4.43. The number of rotatable bonds is 2. The van der Waals surface area contributed by atoms with Gasteiger partial charge in [-0.25, -0.2) is 0 Å². The van der Waals surface area contributed by atoms with Gasteiger partial charge in [-0.05, 0) is 37.0 Å². The first-order valence-corrected chi connectivity index (χ1v) is 7.59. The molecule has 6 heteroatoms. The van der Waals surface area contributed by atoms with Gasteiger partial charge in [0.15, 0.2) is 0 Å². The molecule has 20 heavy (non-hydrogen) atoms. The quantitative estimate of drug-likeness (QED) is 0.877. The van der Waals surface area contributed by atoms with Crippen molar-refractivity contribution < 1.29 is 13.2 Å². The van der Waals surface area contributed by atoms with Gasteiger partial charge >= 0.3 is 6.18 Å². The van der Waals surface area contributed by atoms with Crippen LogP contribution in [0.2, 0.25) is 0 Å². The summed E-state index contributed by atoms with van der Waals surface area (Å²) in [5.41, 5.74) is 0.0576. The largest absolute Gasteiger partial charge is 0.416 e. The summed E-state index contributed by atoms with van der Waals surface area (Å²) < 4.78 is 39.1. The monoisotopic (exact) mass is 348 g/mol. The zero-order valence-corrected chi connectivity index (χ0v) is 12.5. The second kappa shape index (κ2) is 5.22. The number of nitrogens with zero attached hydrogens (tertiary/aromatic N) is 1. The molecule has 2 aliphatic rings. The van der Waals surface area contributed by atoms with Crippen molar-refractivity contribution in [3.63, 3.8) is 0 Å². The maximum atomic E-state index is 12.9. The number of hydrogen-bond donors (Lipinski definition) is 1. The van der Waals surface area contributed by atoms with E-state index in [0.717, 1.165) is 25.7 Å². The van der Waals surface area contributed by atoms with Crippen LogP contribution in [0.3, 0.4) is 0 Å². The average molecular weight is 349 g/mol. The molecule has 2 nitrogen and oxygen atoms in total. The van der Waals surface area contributed by atoms with Gasteiger partial charge in [0.05, 0.1) is 5.56 Å². The number of benzene rings is 1. The molecule has 0 radical (unpaired) electrons. The van der Waals surface area contributed by atoms with Gasteiger partial charge in [0.1, 0.15) is 0 Å². The lowest BCUT2D eigenvalue weighted by Gasteiger charge is -2.36. The van der Waals surface area contributed by atoms with E-state index in [1.54, 1.807) is 6.07 Å². The van der Waals surface area contributed by atoms with Crippen LogP contribution in [0, 0.1) is 5.92 Å². The first-order chi connectivity index (χ1) is 9.43. The Balaban J connectivity index is 1.83. The summed E-state index contributed by atoms with van der Waals surface area (Å²) in [5.74, 6) is 0.701. The highest BCUT2D eigenvalue weighted by molar-refractivity contribution is 9.10. The van der Waals surface area contributed by atoms with E-state index in [0.29, 0.717) is 22.1 Å². The zero-order valence-electron chi connectivity index (χ0n) is 10.9. The molecule has 1 aliphatic carbocycles. The molecule has 1 saturated carbocycles. The van der Waals surface area contributed by atoms with E-state index in [-0.39, 0.29) is 0 Å². The fourth-order valence-electron chi connectivity index (χ4n) is 2.75. The Labute approximate surface area is 124 Å². The van der Waals surface area contributed by atoms with Crippen LogP contribution in [0.15, 0.2) is 22.7 Å². The van der Waals surface area contributed by atoms with Crippen LogP contribution in [-0.4, -0.2) is 25.7 Å². The molecule has 0 spiro atoms. The third kappa shape index (κ3) is 3.11. The Bertz CT molecular complexity index is 500. The molecule has 2 fully saturated rings. The summed E-state index contributed by atoms with van der Waals surface area (Å²) >= 11 is 3.19. The maximum absolute atomic E-state index is 12.9. The van der Waals surface area contributed by atoms with Crippen molar-refractivity contribution in [2.75, 3.05) is 24.5 Å². The van der Waals surface area contributed by atoms with Crippen molar-refractivity contribution in [3.05, 3.63) is 28.2 Å². The van der Waals surface area contributed by atoms with Crippen LogP contribution in [-0.2, 0) is 6.18 Å². The van der Waals surface area contributed by atoms with Crippen molar-refractivity contribution >= 4 is 21.6 Å². The minimum absolute atomic E-state index is 0.414. The SMILES string of the molecule is FC(F)(F)c1cc(Br)cc(N2CCNC(C3CC3)C2)c1. The molecule has 1 aromatic carbocycles. The molecular formula is C14H16BrF3N2. The topological polar surface area (TPSA) is 15.3 Å². The van der Waals surface area contributed by atoms with Crippen molar-refractivity contribution in [3.8, 4) is 0 Å². The lowest BCUT2D eigenvalue weighted by Crippen LogP contribution is -2.51. The molecule has 1 aliphatic heterocycles. The first-order valence-electron chi connectivity index (χ1n) is 6.79. The lowest BCUT2D eigenvalue weighted by atomic mass is 10.1. The minimum atomic E-state index is -4.30. The van der Waals surface area contributed by atoms with Crippen LogP contribution in [0.1, 0.15) is 18.4 Å². The number of piperazine rings is 1. The smallest absolute Gasteiger partial charge is 0.369 e. The summed E-state index contributed by atoms with van der Waals surface area (Å²) in [6, 6.07) is 4.56. The van der Waals surface area contributed by atoms with Gasteiger partial charge in [-0.2, -0.15) is 13.2 Å². The van der Waals surface area contributed by atoms with Crippen molar-refractivity contribution in [1.29, 1.82) is 0 Å². The van der Waals surface area contributed by atoms with E-state index in [9.17, 15) is 13.2 Å². The van der Waals surface area contributed by atoms with Crippen molar-refractivity contribution in [1.82, 2.24) is 5.32 Å². The predicted octanol–water partition coefficient (Wildman–Crippen LogP) is 3.66. The van der Waals surface area contributed by atoms with E-state index < -0.39 is 11.7 Å². The van der Waals surface area contributed by atoms with Crippen LogP contribution < -0.4 is 10.2 Å². The number of alkyl halides is 3. The second-order valence-corrected chi connectivity index (χ2v) is 6.46. The van der Waals surface area contributed by atoms with Crippen LogP contribution >= 0.6 is 15.9 Å². The van der Waals surface area contributed by atoms with Gasteiger partial charge in [-0.1, -0.05) is 15.9 Å². The van der Waals surface area contributed by atoms with E-state index in [1.807, 2.05) is 0 Å². The second-order valence-electron chi connectivity index (χ2n) is 5.54. The third-order valence-electron chi connectivity index (χ3n) is 3.97. The maximum Gasteiger partial charge on any atom is 0.416 e. The van der Waals surface area contributed by atoms with Gasteiger partial charge in [-0.3, -0.25) is 0 Å². The highest BCUT2D eigenvalue weighted by Gasteiger charge is 2.35. The van der Waals surface area contributed by atoms with Gasteiger partial charge in [0.2, 0.25) is 0 Å². The molecule has 0 amide bonds. The van der Waals surface area contributed by atoms with Gasteiger partial charge in [0, 0.05) is 35.8 Å². The Kier molecular flexibility index (Phi) is 3.71. The molecule has 1 saturated heterocycles. The Morgan fingerprint density at radius 3 is 2.60 bits per heavy atom. The fourth-order valence-corrected chi connectivity index (χ4v) is 3.23. The molecule has 1 heterocycles. The Hall–Kier alpha value is -0.750. The van der Waals surface area contributed by atoms with E-state index >= 15 is 0 Å². The van der Waals surface area contributed by atoms with Gasteiger partial charge in [0.25, 0.3) is 0 Å². The Morgan fingerprint density at radius 2 is 1.95 bits per heavy atom. The van der Waals surface area contributed by atoms with Crippen LogP contribution in [0.4, 0.5) is 18.9 Å². The van der Waals surface area contributed by atoms with Gasteiger partial charge in [-0.15, -0.1) is 0 Å². The number of nitrogens with one attached hydrogen (secondary N) is 1. The first kappa shape index (κ1) is 14.2. The number of halogens is 4. The standard InChI is InChI=1S/C14H16BrF3N2/c15-11-5-10(14(16,17)18)6-12(7-11)20-4-3-19-13(8-20)9-1-2-9/h5-7,9,13,19H,1-4,8H2. The molecule has 0 aromatic heterocycles. The number of hydrogen-bond acceptors (Lipinski definition) is 2. The molecule has 1 unspecified atom stereocenters. The summed E-state index contributed by atoms with van der Waals surface area (Å²) in [5, 5.41) is 3.46. The van der Waals surface area contributed by atoms with Crippen molar-refractivity contribution in [2.45, 2.75) is 25.1 Å². The lowest BCUT2D eigenvalue weighted by molar-refractivity contribution is -0.137. The molecule has 110 valence electrons. The molecule has 3 rings (SSSR count). The highest BCUT2D eigenvalue weighted by Crippen LogP contribution is 2.37. The predicted molar refractivity (Wildman–Crippen MR) is 75.9 cm³/mol. The number of anilines is 1. The van der Waals surface area contributed by atoms with Crippen molar-refractivity contribution in [2.24, 2.45) is 5.92 Å². The van der Waals surface area contributed by atoms with E-state index in [1.165, 1.54) is 18.9 Å². The highest BCUT2D eigenvalue weighted by atomic mass is 79.9. The summed E-state index contributed by atoms with van der Waals surface area (Å²) in [7, 11) is 0. The molecule has 0 bridgehead atoms. The Morgan fingerprint density at radius 1 is 1.20 bits per heavy atom. The summed E-state index contributed by atoms with van der Waals surface area (Å²) in [6.45, 7) is 2.37. The summed E-state index contributed by atoms with van der Waals surface area (Å²) in [4.78, 5) is 2.06. The summed E-state index contributed by atoms with van der Waals surface area (Å²) in [6.07, 6.45) is -1.84. The van der Waals surface area contributed by atoms with E-state index in [4.69, 9.17) is 0 Å². The molecule has 1 N–H and O–H groups in total.